The molecule has 0 saturated heterocycles. The van der Waals surface area contributed by atoms with E-state index in [9.17, 15) is 13.2 Å². The Morgan fingerprint density at radius 1 is 1.00 bits per heavy atom. The van der Waals surface area contributed by atoms with E-state index in [-0.39, 0.29) is 12.1 Å². The fourth-order valence-electron chi connectivity index (χ4n) is 2.18. The zero-order valence-electron chi connectivity index (χ0n) is 12.0. The highest BCUT2D eigenvalue weighted by atomic mass is 19.4. The molecule has 0 radical (unpaired) electrons. The van der Waals surface area contributed by atoms with Gasteiger partial charge in [0.25, 0.3) is 0 Å². The van der Waals surface area contributed by atoms with Gasteiger partial charge in [-0.25, -0.2) is 4.98 Å². The Kier molecular flexibility index (Phi) is 3.82. The van der Waals surface area contributed by atoms with Crippen molar-refractivity contribution in [3.05, 3.63) is 65.9 Å². The summed E-state index contributed by atoms with van der Waals surface area (Å²) in [5.41, 5.74) is 6.34. The lowest BCUT2D eigenvalue weighted by Crippen LogP contribution is -2.05. The van der Waals surface area contributed by atoms with Crippen LogP contribution in [0.1, 0.15) is 11.3 Å². The molecule has 2 N–H and O–H groups in total. The maximum Gasteiger partial charge on any atom is 0.416 e. The lowest BCUT2D eigenvalue weighted by molar-refractivity contribution is -0.137. The van der Waals surface area contributed by atoms with Gasteiger partial charge in [-0.1, -0.05) is 18.2 Å². The molecule has 3 aromatic rings. The van der Waals surface area contributed by atoms with Crippen LogP contribution in [0.5, 0.6) is 5.75 Å². The summed E-state index contributed by atoms with van der Waals surface area (Å²) in [5.74, 6) is 0.580. The van der Waals surface area contributed by atoms with Crippen molar-refractivity contribution in [3.8, 4) is 5.75 Å². The van der Waals surface area contributed by atoms with Crippen LogP contribution in [0.3, 0.4) is 0 Å². The topological polar surface area (TPSA) is 48.1 Å². The summed E-state index contributed by atoms with van der Waals surface area (Å²) in [6.07, 6.45) is -4.38. The lowest BCUT2D eigenvalue weighted by Gasteiger charge is -2.09. The Hall–Kier alpha value is -2.76. The molecule has 0 bridgehead atoms. The molecule has 0 fully saturated rings. The normalized spacial score (nSPS) is 11.6. The number of anilines is 1. The van der Waals surface area contributed by atoms with Crippen LogP contribution >= 0.6 is 0 Å². The number of hydrogen-bond acceptors (Lipinski definition) is 3. The Morgan fingerprint density at radius 3 is 2.52 bits per heavy atom. The van der Waals surface area contributed by atoms with Gasteiger partial charge in [0.15, 0.2) is 0 Å². The Labute approximate surface area is 130 Å². The summed E-state index contributed by atoms with van der Waals surface area (Å²) < 4.78 is 43.8. The molecule has 0 unspecified atom stereocenters. The first-order valence-corrected chi connectivity index (χ1v) is 6.87. The van der Waals surface area contributed by atoms with Crippen LogP contribution in [0.2, 0.25) is 0 Å². The third-order valence-corrected chi connectivity index (χ3v) is 3.32. The van der Waals surface area contributed by atoms with E-state index in [0.717, 1.165) is 12.1 Å². The van der Waals surface area contributed by atoms with Gasteiger partial charge in [-0.2, -0.15) is 13.2 Å². The smallest absolute Gasteiger partial charge is 0.416 e. The number of aromatic nitrogens is 1. The summed E-state index contributed by atoms with van der Waals surface area (Å²) >= 11 is 0. The number of benzene rings is 2. The zero-order valence-corrected chi connectivity index (χ0v) is 12.0. The molecule has 23 heavy (non-hydrogen) atoms. The average molecular weight is 318 g/mol. The third kappa shape index (κ3) is 3.53. The average Bonchev–Trinajstić information content (AvgIpc) is 2.51. The van der Waals surface area contributed by atoms with E-state index in [4.69, 9.17) is 10.5 Å². The van der Waals surface area contributed by atoms with Crippen molar-refractivity contribution in [3.63, 3.8) is 0 Å². The third-order valence-electron chi connectivity index (χ3n) is 3.32. The summed E-state index contributed by atoms with van der Waals surface area (Å²) in [6.45, 7) is 0.148. The van der Waals surface area contributed by atoms with Gasteiger partial charge >= 0.3 is 6.18 Å². The maximum absolute atomic E-state index is 12.8. The second kappa shape index (κ2) is 5.79. The fraction of sp³-hybridized carbons (Fsp3) is 0.118. The van der Waals surface area contributed by atoms with Gasteiger partial charge < -0.3 is 10.5 Å². The van der Waals surface area contributed by atoms with Crippen LogP contribution in [0.15, 0.2) is 54.6 Å². The molecule has 0 aliphatic carbocycles. The number of ether oxygens (including phenoxy) is 1. The molecule has 0 aliphatic heterocycles. The monoisotopic (exact) mass is 318 g/mol. The highest BCUT2D eigenvalue weighted by Gasteiger charge is 2.30. The van der Waals surface area contributed by atoms with Crippen LogP contribution < -0.4 is 10.5 Å². The molecular weight excluding hydrogens is 305 g/mol. The SMILES string of the molecule is Nc1cccc(OCc2ccc3ccc(C(F)(F)F)cc3n2)c1. The van der Waals surface area contributed by atoms with Crippen molar-refractivity contribution in [2.75, 3.05) is 5.73 Å². The highest BCUT2D eigenvalue weighted by molar-refractivity contribution is 5.79. The first-order valence-electron chi connectivity index (χ1n) is 6.87. The van der Waals surface area contributed by atoms with E-state index in [1.54, 1.807) is 36.4 Å². The first kappa shape index (κ1) is 15.1. The van der Waals surface area contributed by atoms with Crippen LogP contribution in [-0.2, 0) is 12.8 Å². The molecule has 2 aromatic carbocycles. The molecule has 1 heterocycles. The fourth-order valence-corrected chi connectivity index (χ4v) is 2.18. The molecule has 0 saturated carbocycles. The Morgan fingerprint density at radius 2 is 1.78 bits per heavy atom. The number of rotatable bonds is 3. The van der Waals surface area contributed by atoms with Crippen molar-refractivity contribution >= 4 is 16.6 Å². The van der Waals surface area contributed by atoms with Crippen molar-refractivity contribution in [2.45, 2.75) is 12.8 Å². The van der Waals surface area contributed by atoms with Crippen LogP contribution in [0.25, 0.3) is 10.9 Å². The van der Waals surface area contributed by atoms with E-state index in [1.165, 1.54) is 6.07 Å². The van der Waals surface area contributed by atoms with Gasteiger partial charge in [0.1, 0.15) is 12.4 Å². The van der Waals surface area contributed by atoms with Gasteiger partial charge in [-0.3, -0.25) is 0 Å². The minimum Gasteiger partial charge on any atom is -0.487 e. The highest BCUT2D eigenvalue weighted by Crippen LogP contribution is 2.31. The zero-order chi connectivity index (χ0) is 16.4. The quantitative estimate of drug-likeness (QED) is 0.727. The van der Waals surface area contributed by atoms with Gasteiger partial charge in [-0.05, 0) is 30.3 Å². The Balaban J connectivity index is 1.84. The Bertz CT molecular complexity index is 847. The largest absolute Gasteiger partial charge is 0.487 e. The predicted octanol–water partition coefficient (Wildman–Crippen LogP) is 4.41. The molecule has 0 atom stereocenters. The minimum atomic E-state index is -4.38. The number of nitrogens with two attached hydrogens (primary N) is 1. The second-order valence-corrected chi connectivity index (χ2v) is 5.07. The summed E-state index contributed by atoms with van der Waals surface area (Å²) in [7, 11) is 0. The molecule has 0 amide bonds. The van der Waals surface area contributed by atoms with Crippen molar-refractivity contribution in [2.24, 2.45) is 0 Å². The van der Waals surface area contributed by atoms with E-state index in [0.29, 0.717) is 22.5 Å². The molecule has 1 aromatic heterocycles. The number of fused-ring (bicyclic) bond motifs is 1. The first-order chi connectivity index (χ1) is 10.9. The molecule has 118 valence electrons. The molecule has 3 nitrogen and oxygen atoms in total. The standard InChI is InChI=1S/C17H13F3N2O/c18-17(19,20)12-6-4-11-5-7-14(22-16(11)8-12)10-23-15-3-1-2-13(21)9-15/h1-9H,10,21H2. The number of halogens is 3. The van der Waals surface area contributed by atoms with E-state index < -0.39 is 11.7 Å². The summed E-state index contributed by atoms with van der Waals surface area (Å²) in [5, 5.41) is 0.644. The summed E-state index contributed by atoms with van der Waals surface area (Å²) in [6, 6.07) is 13.9. The van der Waals surface area contributed by atoms with Gasteiger partial charge in [0.2, 0.25) is 0 Å². The van der Waals surface area contributed by atoms with Crippen LogP contribution in [-0.4, -0.2) is 4.98 Å². The molecule has 0 aliphatic rings. The minimum absolute atomic E-state index is 0.148. The number of alkyl halides is 3. The molecule has 0 spiro atoms. The predicted molar refractivity (Wildman–Crippen MR) is 81.9 cm³/mol. The lowest BCUT2D eigenvalue weighted by atomic mass is 10.1. The van der Waals surface area contributed by atoms with E-state index in [2.05, 4.69) is 4.98 Å². The molecule has 3 rings (SSSR count). The van der Waals surface area contributed by atoms with Gasteiger partial charge in [0, 0.05) is 17.1 Å². The number of pyridine rings is 1. The van der Waals surface area contributed by atoms with E-state index in [1.807, 2.05) is 0 Å². The van der Waals surface area contributed by atoms with Crippen molar-refractivity contribution in [1.82, 2.24) is 4.98 Å². The van der Waals surface area contributed by atoms with Gasteiger partial charge in [-0.15, -0.1) is 0 Å². The van der Waals surface area contributed by atoms with Crippen molar-refractivity contribution in [1.29, 1.82) is 0 Å². The number of nitrogen functional groups attached to an aromatic ring is 1. The van der Waals surface area contributed by atoms with Gasteiger partial charge in [0.05, 0.1) is 16.8 Å². The number of hydrogen-bond donors (Lipinski definition) is 1. The van der Waals surface area contributed by atoms with Crippen molar-refractivity contribution < 1.29 is 17.9 Å². The second-order valence-electron chi connectivity index (χ2n) is 5.07. The van der Waals surface area contributed by atoms with Crippen LogP contribution in [0, 0.1) is 0 Å². The molecular formula is C17H13F3N2O. The van der Waals surface area contributed by atoms with Crippen LogP contribution in [0.4, 0.5) is 18.9 Å². The molecule has 6 heteroatoms. The number of nitrogens with zero attached hydrogens (tertiary/aromatic N) is 1. The maximum atomic E-state index is 12.8. The summed E-state index contributed by atoms with van der Waals surface area (Å²) in [4.78, 5) is 4.23. The van der Waals surface area contributed by atoms with E-state index >= 15 is 0 Å².